The molecular weight excluding hydrogens is 434 g/mol. The number of aliphatic hydroxyl groups excluding tert-OH is 4. The second kappa shape index (κ2) is 9.69. The van der Waals surface area contributed by atoms with Crippen molar-refractivity contribution < 1.29 is 44.2 Å². The van der Waals surface area contributed by atoms with Crippen LogP contribution in [0, 0.1) is 0 Å². The minimum absolute atomic E-state index is 0.224. The van der Waals surface area contributed by atoms with Crippen LogP contribution in [-0.4, -0.2) is 76.2 Å². The van der Waals surface area contributed by atoms with Crippen LogP contribution < -0.4 is 10.1 Å². The van der Waals surface area contributed by atoms with Crippen LogP contribution in [0.3, 0.4) is 0 Å². The van der Waals surface area contributed by atoms with Crippen molar-refractivity contribution in [3.63, 3.8) is 0 Å². The summed E-state index contributed by atoms with van der Waals surface area (Å²) in [7, 11) is 0. The predicted molar refractivity (Wildman–Crippen MR) is 114 cm³/mol. The summed E-state index contributed by atoms with van der Waals surface area (Å²) < 4.78 is 15.7. The fourth-order valence-electron chi connectivity index (χ4n) is 3.50. The number of hydrogen-bond donors (Lipinski definition) is 5. The fourth-order valence-corrected chi connectivity index (χ4v) is 3.50. The van der Waals surface area contributed by atoms with E-state index in [4.69, 9.17) is 14.2 Å². The van der Waals surface area contributed by atoms with Crippen molar-refractivity contribution in [3.8, 4) is 5.75 Å². The number of ether oxygens (including phenoxy) is 3. The molecular formula is C23H23NO9. The van der Waals surface area contributed by atoms with Crippen LogP contribution in [0.25, 0.3) is 5.57 Å². The Morgan fingerprint density at radius 1 is 1.00 bits per heavy atom. The molecule has 10 heteroatoms. The molecule has 5 atom stereocenters. The number of benzene rings is 2. The van der Waals surface area contributed by atoms with Crippen molar-refractivity contribution in [2.75, 3.05) is 18.5 Å². The smallest absolute Gasteiger partial charge is 0.331 e. The number of esters is 1. The second-order valence-corrected chi connectivity index (χ2v) is 7.65. The first kappa shape index (κ1) is 22.9. The lowest BCUT2D eigenvalue weighted by Gasteiger charge is -2.39. The summed E-state index contributed by atoms with van der Waals surface area (Å²) in [6, 6.07) is 13.0. The van der Waals surface area contributed by atoms with Crippen LogP contribution >= 0.6 is 0 Å². The molecule has 0 radical (unpaired) electrons. The van der Waals surface area contributed by atoms with Crippen LogP contribution in [0.4, 0.5) is 5.69 Å². The highest BCUT2D eigenvalue weighted by atomic mass is 16.7. The number of carbonyl (C=O) groups excluding carboxylic acids is 2. The van der Waals surface area contributed by atoms with Crippen LogP contribution in [0.1, 0.15) is 15.9 Å². The van der Waals surface area contributed by atoms with Gasteiger partial charge in [-0.1, -0.05) is 12.1 Å². The Morgan fingerprint density at radius 3 is 2.30 bits per heavy atom. The van der Waals surface area contributed by atoms with Gasteiger partial charge in [0.2, 0.25) is 6.29 Å². The van der Waals surface area contributed by atoms with Crippen molar-refractivity contribution in [1.29, 1.82) is 0 Å². The molecule has 0 saturated carbocycles. The average Bonchev–Trinajstić information content (AvgIpc) is 3.26. The Hall–Kier alpha value is -3.28. The van der Waals surface area contributed by atoms with Gasteiger partial charge in [0.25, 0.3) is 5.91 Å². The quantitative estimate of drug-likeness (QED) is 0.379. The minimum atomic E-state index is -1.55. The predicted octanol–water partition coefficient (Wildman–Crippen LogP) is 0.0578. The summed E-state index contributed by atoms with van der Waals surface area (Å²) in [4.78, 5) is 23.7. The van der Waals surface area contributed by atoms with Crippen LogP contribution in [0.15, 0.2) is 54.6 Å². The van der Waals surface area contributed by atoms with Crippen LogP contribution in [-0.2, 0) is 14.3 Å². The van der Waals surface area contributed by atoms with Gasteiger partial charge in [-0.05, 0) is 42.0 Å². The van der Waals surface area contributed by atoms with Gasteiger partial charge in [0.15, 0.2) is 0 Å². The molecule has 4 rings (SSSR count). The van der Waals surface area contributed by atoms with Gasteiger partial charge in [-0.3, -0.25) is 4.79 Å². The Balaban J connectivity index is 1.36. The summed E-state index contributed by atoms with van der Waals surface area (Å²) in [5, 5.41) is 41.7. The van der Waals surface area contributed by atoms with Crippen molar-refractivity contribution in [3.05, 3.63) is 65.7 Å². The van der Waals surface area contributed by atoms with E-state index in [9.17, 15) is 30.0 Å². The van der Waals surface area contributed by atoms with Gasteiger partial charge in [0, 0.05) is 22.9 Å². The summed E-state index contributed by atoms with van der Waals surface area (Å²) in [5.41, 5.74) is 2.51. The monoisotopic (exact) mass is 457 g/mol. The van der Waals surface area contributed by atoms with E-state index < -0.39 is 37.3 Å². The van der Waals surface area contributed by atoms with E-state index in [-0.39, 0.29) is 24.2 Å². The Morgan fingerprint density at radius 2 is 1.70 bits per heavy atom. The number of rotatable bonds is 6. The summed E-state index contributed by atoms with van der Waals surface area (Å²) in [6.07, 6.45) is -5.51. The molecule has 2 aliphatic rings. The maximum atomic E-state index is 12.5. The normalized spacial score (nSPS) is 27.0. The third-order valence-corrected chi connectivity index (χ3v) is 5.39. The van der Waals surface area contributed by atoms with E-state index in [1.54, 1.807) is 24.3 Å². The molecule has 5 N–H and O–H groups in total. The summed E-state index contributed by atoms with van der Waals surface area (Å²) in [5.74, 6) is -0.482. The molecule has 10 nitrogen and oxygen atoms in total. The zero-order valence-electron chi connectivity index (χ0n) is 17.3. The Kier molecular flexibility index (Phi) is 6.72. The molecule has 0 aromatic heterocycles. The van der Waals surface area contributed by atoms with Gasteiger partial charge in [0.05, 0.1) is 6.61 Å². The lowest BCUT2D eigenvalue weighted by Crippen LogP contribution is -2.60. The number of aliphatic hydroxyl groups is 4. The molecule has 2 aromatic rings. The number of carbonyl (C=O) groups is 2. The number of anilines is 1. The van der Waals surface area contributed by atoms with Crippen molar-refractivity contribution in [2.45, 2.75) is 30.7 Å². The second-order valence-electron chi connectivity index (χ2n) is 7.65. The highest BCUT2D eigenvalue weighted by molar-refractivity contribution is 6.04. The number of cyclic esters (lactones) is 1. The molecule has 2 aliphatic heterocycles. The number of amides is 1. The van der Waals surface area contributed by atoms with Crippen molar-refractivity contribution in [1.82, 2.24) is 0 Å². The standard InChI is InChI=1S/C23H23NO9/c25-10-17-19(27)20(28)21(29)23(33-17)32-16-7-3-13(4-8-16)22(30)24-15-5-1-12(2-6-15)14-9-18(26)31-11-14/h1-9,17,19-21,23,25,27-29H,10-11H2,(H,24,30)/t17-,19-,20+,21-,23-/m1/s1. The van der Waals surface area contributed by atoms with Gasteiger partial charge < -0.3 is 40.0 Å². The third-order valence-electron chi connectivity index (χ3n) is 5.39. The maximum Gasteiger partial charge on any atom is 0.331 e. The van der Waals surface area contributed by atoms with Gasteiger partial charge >= 0.3 is 5.97 Å². The van der Waals surface area contributed by atoms with Gasteiger partial charge in [-0.15, -0.1) is 0 Å². The molecule has 1 saturated heterocycles. The topological polar surface area (TPSA) is 155 Å². The largest absolute Gasteiger partial charge is 0.462 e. The van der Waals surface area contributed by atoms with E-state index in [2.05, 4.69) is 5.32 Å². The van der Waals surface area contributed by atoms with E-state index in [1.807, 2.05) is 0 Å². The zero-order chi connectivity index (χ0) is 23.5. The Labute approximate surface area is 188 Å². The van der Waals surface area contributed by atoms with E-state index in [0.29, 0.717) is 11.3 Å². The van der Waals surface area contributed by atoms with Crippen LogP contribution in [0.5, 0.6) is 5.75 Å². The van der Waals surface area contributed by atoms with Gasteiger partial charge in [-0.25, -0.2) is 4.79 Å². The number of hydrogen-bond acceptors (Lipinski definition) is 9. The lowest BCUT2D eigenvalue weighted by atomic mass is 9.99. The SMILES string of the molecule is O=C1C=C(c2ccc(NC(=O)c3ccc(O[C@@H]4O[C@H](CO)[C@@H](O)[C@H](O)[C@H]4O)cc3)cc2)CO1. The first-order valence-corrected chi connectivity index (χ1v) is 10.2. The van der Waals surface area contributed by atoms with Gasteiger partial charge in [-0.2, -0.15) is 0 Å². The molecule has 33 heavy (non-hydrogen) atoms. The average molecular weight is 457 g/mol. The molecule has 0 unspecified atom stereocenters. The van der Waals surface area contributed by atoms with Crippen molar-refractivity contribution >= 4 is 23.1 Å². The molecule has 1 fully saturated rings. The first-order chi connectivity index (χ1) is 15.9. The highest BCUT2D eigenvalue weighted by Gasteiger charge is 2.44. The summed E-state index contributed by atoms with van der Waals surface area (Å²) in [6.45, 7) is -0.337. The molecule has 0 bridgehead atoms. The number of nitrogens with one attached hydrogen (secondary N) is 1. The highest BCUT2D eigenvalue weighted by Crippen LogP contribution is 2.25. The molecule has 1 amide bonds. The lowest BCUT2D eigenvalue weighted by molar-refractivity contribution is -0.277. The summed E-state index contributed by atoms with van der Waals surface area (Å²) >= 11 is 0. The van der Waals surface area contributed by atoms with E-state index in [1.165, 1.54) is 30.3 Å². The van der Waals surface area contributed by atoms with Gasteiger partial charge in [0.1, 0.15) is 36.8 Å². The molecule has 2 heterocycles. The van der Waals surface area contributed by atoms with Crippen molar-refractivity contribution in [2.24, 2.45) is 0 Å². The zero-order valence-corrected chi connectivity index (χ0v) is 17.3. The first-order valence-electron chi connectivity index (χ1n) is 10.2. The molecule has 0 aliphatic carbocycles. The molecule has 0 spiro atoms. The minimum Gasteiger partial charge on any atom is -0.462 e. The van der Waals surface area contributed by atoms with E-state index >= 15 is 0 Å². The fraction of sp³-hybridized carbons (Fsp3) is 0.304. The van der Waals surface area contributed by atoms with Crippen LogP contribution in [0.2, 0.25) is 0 Å². The third kappa shape index (κ3) is 5.05. The molecule has 2 aromatic carbocycles. The maximum absolute atomic E-state index is 12.5. The molecule has 174 valence electrons. The Bertz CT molecular complexity index is 1030. The van der Waals surface area contributed by atoms with E-state index in [0.717, 1.165) is 11.1 Å².